The average Bonchev–Trinajstić information content (AvgIpc) is 2.77. The van der Waals surface area contributed by atoms with E-state index in [2.05, 4.69) is 20.1 Å². The van der Waals surface area contributed by atoms with Gasteiger partial charge in [0.1, 0.15) is 5.82 Å². The number of piperidine rings is 1. The van der Waals surface area contributed by atoms with Crippen molar-refractivity contribution in [1.82, 2.24) is 14.9 Å². The molecule has 7 nitrogen and oxygen atoms in total. The molecule has 3 heterocycles. The minimum Gasteiger partial charge on any atom is -0.353 e. The lowest BCUT2D eigenvalue weighted by Gasteiger charge is -2.35. The molecule has 0 unspecified atom stereocenters. The standard InChI is InChI=1S/C21H27ClN6O/c1-16-5-6-17(15-18(16)22)24-21(29)28-13-11-26(12-14-28)19-7-8-23-20(25-19)27-9-3-2-4-10-27/h5-8,15H,2-4,9-14H2,1H3,(H,24,29). The summed E-state index contributed by atoms with van der Waals surface area (Å²) < 4.78 is 0. The van der Waals surface area contributed by atoms with Gasteiger partial charge in [0.2, 0.25) is 5.95 Å². The molecule has 0 saturated carbocycles. The van der Waals surface area contributed by atoms with Crippen molar-refractivity contribution in [2.24, 2.45) is 0 Å². The molecular weight excluding hydrogens is 388 g/mol. The molecule has 2 aliphatic heterocycles. The third kappa shape index (κ3) is 4.72. The minimum atomic E-state index is -0.0961. The number of amides is 2. The Morgan fingerprint density at radius 3 is 2.48 bits per heavy atom. The van der Waals surface area contributed by atoms with Gasteiger partial charge < -0.3 is 20.0 Å². The van der Waals surface area contributed by atoms with Crippen LogP contribution in [0.5, 0.6) is 0 Å². The van der Waals surface area contributed by atoms with E-state index < -0.39 is 0 Å². The lowest BCUT2D eigenvalue weighted by molar-refractivity contribution is 0.208. The fraction of sp³-hybridized carbons (Fsp3) is 0.476. The monoisotopic (exact) mass is 414 g/mol. The van der Waals surface area contributed by atoms with Gasteiger partial charge in [-0.15, -0.1) is 0 Å². The molecule has 1 aromatic carbocycles. The van der Waals surface area contributed by atoms with Gasteiger partial charge in [-0.25, -0.2) is 9.78 Å². The van der Waals surface area contributed by atoms with Crippen LogP contribution >= 0.6 is 11.6 Å². The second-order valence-corrected chi connectivity index (χ2v) is 8.04. The zero-order valence-electron chi connectivity index (χ0n) is 16.8. The quantitative estimate of drug-likeness (QED) is 0.827. The van der Waals surface area contributed by atoms with Crippen LogP contribution in [0.1, 0.15) is 24.8 Å². The highest BCUT2D eigenvalue weighted by atomic mass is 35.5. The first kappa shape index (κ1) is 19.8. The number of nitrogens with one attached hydrogen (secondary N) is 1. The van der Waals surface area contributed by atoms with Crippen LogP contribution in [0, 0.1) is 6.92 Å². The van der Waals surface area contributed by atoms with E-state index in [1.54, 1.807) is 6.07 Å². The Hall–Kier alpha value is -2.54. The Labute approximate surface area is 176 Å². The SMILES string of the molecule is Cc1ccc(NC(=O)N2CCN(c3ccnc(N4CCCCC4)n3)CC2)cc1Cl. The van der Waals surface area contributed by atoms with Crippen LogP contribution in [-0.4, -0.2) is 60.2 Å². The van der Waals surface area contributed by atoms with Crippen molar-refractivity contribution in [2.75, 3.05) is 54.4 Å². The van der Waals surface area contributed by atoms with Gasteiger partial charge in [0.05, 0.1) is 0 Å². The molecule has 0 atom stereocenters. The maximum absolute atomic E-state index is 12.6. The largest absolute Gasteiger partial charge is 0.353 e. The Morgan fingerprint density at radius 1 is 1.00 bits per heavy atom. The van der Waals surface area contributed by atoms with Crippen LogP contribution < -0.4 is 15.1 Å². The van der Waals surface area contributed by atoms with Crippen LogP contribution in [-0.2, 0) is 0 Å². The highest BCUT2D eigenvalue weighted by Gasteiger charge is 2.23. The van der Waals surface area contributed by atoms with Crippen molar-refractivity contribution in [3.63, 3.8) is 0 Å². The lowest BCUT2D eigenvalue weighted by Crippen LogP contribution is -2.50. The summed E-state index contributed by atoms with van der Waals surface area (Å²) >= 11 is 6.15. The van der Waals surface area contributed by atoms with Crippen LogP contribution in [0.15, 0.2) is 30.5 Å². The van der Waals surface area contributed by atoms with Crippen molar-refractivity contribution in [3.8, 4) is 0 Å². The predicted molar refractivity (Wildman–Crippen MR) is 117 cm³/mol. The predicted octanol–water partition coefficient (Wildman–Crippen LogP) is 3.78. The average molecular weight is 415 g/mol. The van der Waals surface area contributed by atoms with E-state index in [-0.39, 0.29) is 6.03 Å². The summed E-state index contributed by atoms with van der Waals surface area (Å²) in [5.74, 6) is 1.75. The first-order chi connectivity index (χ1) is 14.1. The highest BCUT2D eigenvalue weighted by Crippen LogP contribution is 2.22. The van der Waals surface area contributed by atoms with Gasteiger partial charge in [-0.2, -0.15) is 4.98 Å². The number of carbonyl (C=O) groups excluding carboxylic acids is 1. The molecule has 1 aromatic heterocycles. The van der Waals surface area contributed by atoms with E-state index in [4.69, 9.17) is 16.6 Å². The van der Waals surface area contributed by atoms with Crippen LogP contribution in [0.25, 0.3) is 0 Å². The highest BCUT2D eigenvalue weighted by molar-refractivity contribution is 6.31. The van der Waals surface area contributed by atoms with Crippen LogP contribution in [0.3, 0.4) is 0 Å². The number of urea groups is 1. The Morgan fingerprint density at radius 2 is 1.76 bits per heavy atom. The molecule has 0 spiro atoms. The van der Waals surface area contributed by atoms with Crippen molar-refractivity contribution in [3.05, 3.63) is 41.0 Å². The first-order valence-corrected chi connectivity index (χ1v) is 10.6. The van der Waals surface area contributed by atoms with Gasteiger partial charge in [-0.1, -0.05) is 17.7 Å². The van der Waals surface area contributed by atoms with Gasteiger partial charge in [0.25, 0.3) is 0 Å². The third-order valence-corrected chi connectivity index (χ3v) is 5.99. The number of rotatable bonds is 3. The normalized spacial score (nSPS) is 17.4. The van der Waals surface area contributed by atoms with Crippen LogP contribution in [0.2, 0.25) is 5.02 Å². The summed E-state index contributed by atoms with van der Waals surface area (Å²) in [6, 6.07) is 7.43. The molecule has 0 radical (unpaired) electrons. The molecule has 2 aliphatic rings. The summed E-state index contributed by atoms with van der Waals surface area (Å²) in [7, 11) is 0. The van der Waals surface area contributed by atoms with E-state index in [1.807, 2.05) is 36.2 Å². The number of hydrogen-bond acceptors (Lipinski definition) is 5. The summed E-state index contributed by atoms with van der Waals surface area (Å²) in [6.45, 7) is 6.79. The van der Waals surface area contributed by atoms with E-state index in [1.165, 1.54) is 19.3 Å². The van der Waals surface area contributed by atoms with Gasteiger partial charge in [0, 0.05) is 56.2 Å². The maximum atomic E-state index is 12.6. The first-order valence-electron chi connectivity index (χ1n) is 10.3. The smallest absolute Gasteiger partial charge is 0.321 e. The number of benzene rings is 1. The third-order valence-electron chi connectivity index (χ3n) is 5.58. The maximum Gasteiger partial charge on any atom is 0.321 e. The van der Waals surface area contributed by atoms with Crippen molar-refractivity contribution in [2.45, 2.75) is 26.2 Å². The molecule has 0 aliphatic carbocycles. The second kappa shape index (κ2) is 8.86. The molecule has 2 saturated heterocycles. The van der Waals surface area contributed by atoms with E-state index in [0.717, 1.165) is 49.2 Å². The van der Waals surface area contributed by atoms with E-state index in [0.29, 0.717) is 18.1 Å². The summed E-state index contributed by atoms with van der Waals surface area (Å²) in [6.07, 6.45) is 5.53. The number of halogens is 1. The zero-order valence-corrected chi connectivity index (χ0v) is 17.5. The summed E-state index contributed by atoms with van der Waals surface area (Å²) in [5.41, 5.74) is 1.71. The fourth-order valence-electron chi connectivity index (χ4n) is 3.77. The van der Waals surface area contributed by atoms with Gasteiger partial charge in [-0.05, 0) is 49.9 Å². The number of nitrogens with zero attached hydrogens (tertiary/aromatic N) is 5. The molecule has 8 heteroatoms. The number of piperazine rings is 1. The molecule has 154 valence electrons. The van der Waals surface area contributed by atoms with Gasteiger partial charge >= 0.3 is 6.03 Å². The lowest BCUT2D eigenvalue weighted by atomic mass is 10.1. The molecule has 2 fully saturated rings. The number of carbonyl (C=O) groups is 1. The number of anilines is 3. The van der Waals surface area contributed by atoms with E-state index >= 15 is 0 Å². The number of aromatic nitrogens is 2. The number of hydrogen-bond donors (Lipinski definition) is 1. The Bertz CT molecular complexity index is 862. The van der Waals surface area contributed by atoms with Gasteiger partial charge in [-0.3, -0.25) is 0 Å². The number of aryl methyl sites for hydroxylation is 1. The molecule has 29 heavy (non-hydrogen) atoms. The van der Waals surface area contributed by atoms with E-state index in [9.17, 15) is 4.79 Å². The Balaban J connectivity index is 1.34. The molecular formula is C21H27ClN6O. The van der Waals surface area contributed by atoms with Crippen molar-refractivity contribution < 1.29 is 4.79 Å². The molecule has 1 N–H and O–H groups in total. The van der Waals surface area contributed by atoms with Crippen molar-refractivity contribution >= 4 is 35.1 Å². The van der Waals surface area contributed by atoms with Gasteiger partial charge in [0.15, 0.2) is 0 Å². The molecule has 4 rings (SSSR count). The molecule has 0 bridgehead atoms. The fourth-order valence-corrected chi connectivity index (χ4v) is 3.95. The molecule has 2 aromatic rings. The summed E-state index contributed by atoms with van der Waals surface area (Å²) in [5, 5.41) is 3.59. The van der Waals surface area contributed by atoms with Crippen LogP contribution in [0.4, 0.5) is 22.2 Å². The van der Waals surface area contributed by atoms with Crippen molar-refractivity contribution in [1.29, 1.82) is 0 Å². The topological polar surface area (TPSA) is 64.6 Å². The summed E-state index contributed by atoms with van der Waals surface area (Å²) in [4.78, 5) is 28.2. The minimum absolute atomic E-state index is 0.0961. The second-order valence-electron chi connectivity index (χ2n) is 7.63. The molecule has 2 amide bonds. The zero-order chi connectivity index (χ0) is 20.2. The Kier molecular flexibility index (Phi) is 6.04.